The minimum Gasteiger partial charge on any atom is -0.487 e. The van der Waals surface area contributed by atoms with Crippen molar-refractivity contribution in [1.29, 1.82) is 0 Å². The molecule has 20 heavy (non-hydrogen) atoms. The van der Waals surface area contributed by atoms with Crippen LogP contribution in [0.3, 0.4) is 0 Å². The van der Waals surface area contributed by atoms with E-state index in [9.17, 15) is 0 Å². The van der Waals surface area contributed by atoms with Crippen molar-refractivity contribution in [2.75, 3.05) is 0 Å². The molecule has 1 N–H and O–H groups in total. The SMILES string of the molecule is Cc1ccc(Cl)c(OCc2ccoc2CNC2CC2)c1. The van der Waals surface area contributed by atoms with Gasteiger partial charge in [0.25, 0.3) is 0 Å². The molecule has 0 radical (unpaired) electrons. The summed E-state index contributed by atoms with van der Waals surface area (Å²) in [5, 5.41) is 4.08. The Kier molecular flexibility index (Phi) is 3.99. The summed E-state index contributed by atoms with van der Waals surface area (Å²) in [4.78, 5) is 0. The molecule has 0 atom stereocenters. The normalized spacial score (nSPS) is 14.5. The first kappa shape index (κ1) is 13.5. The van der Waals surface area contributed by atoms with Crippen LogP contribution in [0.4, 0.5) is 0 Å². The van der Waals surface area contributed by atoms with Crippen LogP contribution in [0.2, 0.25) is 5.02 Å². The van der Waals surface area contributed by atoms with E-state index in [0.717, 1.165) is 23.4 Å². The summed E-state index contributed by atoms with van der Waals surface area (Å²) in [6.07, 6.45) is 4.25. The largest absolute Gasteiger partial charge is 0.487 e. The lowest BCUT2D eigenvalue weighted by atomic mass is 10.2. The zero-order valence-electron chi connectivity index (χ0n) is 11.5. The Balaban J connectivity index is 1.62. The summed E-state index contributed by atoms with van der Waals surface area (Å²) in [5.41, 5.74) is 2.20. The fourth-order valence-corrected chi connectivity index (χ4v) is 2.22. The standard InChI is InChI=1S/C16H18ClNO2/c1-11-2-5-14(17)15(8-11)20-10-12-6-7-19-16(12)9-18-13-3-4-13/h2,5-8,13,18H,3-4,9-10H2,1H3. The highest BCUT2D eigenvalue weighted by Gasteiger charge is 2.21. The highest BCUT2D eigenvalue weighted by molar-refractivity contribution is 6.32. The van der Waals surface area contributed by atoms with Crippen molar-refractivity contribution in [3.8, 4) is 5.75 Å². The van der Waals surface area contributed by atoms with E-state index in [-0.39, 0.29) is 0 Å². The Bertz CT molecular complexity index is 590. The van der Waals surface area contributed by atoms with E-state index in [4.69, 9.17) is 20.8 Å². The van der Waals surface area contributed by atoms with Crippen molar-refractivity contribution in [1.82, 2.24) is 5.32 Å². The van der Waals surface area contributed by atoms with Gasteiger partial charge in [-0.15, -0.1) is 0 Å². The molecule has 0 saturated heterocycles. The minimum atomic E-state index is 0.474. The van der Waals surface area contributed by atoms with Crippen LogP contribution in [-0.4, -0.2) is 6.04 Å². The molecular formula is C16H18ClNO2. The Hall–Kier alpha value is -1.45. The van der Waals surface area contributed by atoms with E-state index >= 15 is 0 Å². The van der Waals surface area contributed by atoms with Gasteiger partial charge in [-0.25, -0.2) is 0 Å². The summed E-state index contributed by atoms with van der Waals surface area (Å²) in [7, 11) is 0. The van der Waals surface area contributed by atoms with E-state index in [1.54, 1.807) is 6.26 Å². The van der Waals surface area contributed by atoms with Crippen LogP contribution in [0.1, 0.15) is 29.7 Å². The van der Waals surface area contributed by atoms with Gasteiger partial charge in [0.2, 0.25) is 0 Å². The molecular weight excluding hydrogens is 274 g/mol. The van der Waals surface area contributed by atoms with Gasteiger partial charge in [0.1, 0.15) is 18.1 Å². The first-order valence-electron chi connectivity index (χ1n) is 6.90. The predicted molar refractivity (Wildman–Crippen MR) is 79.1 cm³/mol. The molecule has 1 aliphatic carbocycles. The van der Waals surface area contributed by atoms with E-state index in [1.807, 2.05) is 31.2 Å². The number of aryl methyl sites for hydroxylation is 1. The Morgan fingerprint density at radius 1 is 1.35 bits per heavy atom. The van der Waals surface area contributed by atoms with Crippen LogP contribution in [0.5, 0.6) is 5.75 Å². The summed E-state index contributed by atoms with van der Waals surface area (Å²) in [6.45, 7) is 3.26. The quantitative estimate of drug-likeness (QED) is 0.871. The second-order valence-electron chi connectivity index (χ2n) is 5.25. The first-order valence-corrected chi connectivity index (χ1v) is 7.28. The molecule has 0 bridgehead atoms. The molecule has 0 amide bonds. The maximum atomic E-state index is 6.13. The second-order valence-corrected chi connectivity index (χ2v) is 5.65. The Morgan fingerprint density at radius 3 is 3.00 bits per heavy atom. The number of halogens is 1. The molecule has 1 saturated carbocycles. The molecule has 1 aliphatic rings. The number of hydrogen-bond donors (Lipinski definition) is 1. The minimum absolute atomic E-state index is 0.474. The van der Waals surface area contributed by atoms with Crippen molar-refractivity contribution in [2.24, 2.45) is 0 Å². The van der Waals surface area contributed by atoms with Crippen molar-refractivity contribution >= 4 is 11.6 Å². The maximum absolute atomic E-state index is 6.13. The third kappa shape index (κ3) is 3.35. The predicted octanol–water partition coefficient (Wildman–Crippen LogP) is 4.07. The highest BCUT2D eigenvalue weighted by atomic mass is 35.5. The van der Waals surface area contributed by atoms with Gasteiger partial charge in [-0.05, 0) is 43.5 Å². The van der Waals surface area contributed by atoms with Crippen LogP contribution >= 0.6 is 11.6 Å². The van der Waals surface area contributed by atoms with Gasteiger partial charge < -0.3 is 14.5 Å². The van der Waals surface area contributed by atoms with Gasteiger partial charge in [0.15, 0.2) is 0 Å². The summed E-state index contributed by atoms with van der Waals surface area (Å²) < 4.78 is 11.3. The number of hydrogen-bond acceptors (Lipinski definition) is 3. The molecule has 1 aromatic carbocycles. The first-order chi connectivity index (χ1) is 9.72. The second kappa shape index (κ2) is 5.90. The topological polar surface area (TPSA) is 34.4 Å². The van der Waals surface area contributed by atoms with Gasteiger partial charge in [-0.3, -0.25) is 0 Å². The third-order valence-corrected chi connectivity index (χ3v) is 3.75. The van der Waals surface area contributed by atoms with Crippen molar-refractivity contribution in [2.45, 2.75) is 39.0 Å². The van der Waals surface area contributed by atoms with Crippen molar-refractivity contribution in [3.63, 3.8) is 0 Å². The zero-order chi connectivity index (χ0) is 13.9. The lowest BCUT2D eigenvalue weighted by Crippen LogP contribution is -2.16. The van der Waals surface area contributed by atoms with Gasteiger partial charge in [-0.1, -0.05) is 17.7 Å². The van der Waals surface area contributed by atoms with Crippen molar-refractivity contribution < 1.29 is 9.15 Å². The van der Waals surface area contributed by atoms with E-state index in [2.05, 4.69) is 5.32 Å². The van der Waals surface area contributed by atoms with Crippen LogP contribution < -0.4 is 10.1 Å². The molecule has 2 aromatic rings. The molecule has 1 fully saturated rings. The molecule has 1 heterocycles. The van der Waals surface area contributed by atoms with Gasteiger partial charge in [0, 0.05) is 11.6 Å². The molecule has 3 nitrogen and oxygen atoms in total. The number of rotatable bonds is 6. The smallest absolute Gasteiger partial charge is 0.138 e. The van der Waals surface area contributed by atoms with Crippen LogP contribution in [-0.2, 0) is 13.2 Å². The molecule has 1 aromatic heterocycles. The maximum Gasteiger partial charge on any atom is 0.138 e. The van der Waals surface area contributed by atoms with Gasteiger partial charge >= 0.3 is 0 Å². The van der Waals surface area contributed by atoms with E-state index in [1.165, 1.54) is 12.8 Å². The molecule has 0 unspecified atom stereocenters. The van der Waals surface area contributed by atoms with Crippen LogP contribution in [0, 0.1) is 6.92 Å². The van der Waals surface area contributed by atoms with E-state index in [0.29, 0.717) is 23.4 Å². The van der Waals surface area contributed by atoms with E-state index < -0.39 is 0 Å². The average molecular weight is 292 g/mol. The zero-order valence-corrected chi connectivity index (χ0v) is 12.2. The number of furan rings is 1. The fraction of sp³-hybridized carbons (Fsp3) is 0.375. The van der Waals surface area contributed by atoms with Gasteiger partial charge in [0.05, 0.1) is 17.8 Å². The molecule has 4 heteroatoms. The van der Waals surface area contributed by atoms with Crippen LogP contribution in [0.25, 0.3) is 0 Å². The summed E-state index contributed by atoms with van der Waals surface area (Å²) >= 11 is 6.13. The molecule has 0 spiro atoms. The number of nitrogens with one attached hydrogen (secondary N) is 1. The lowest BCUT2D eigenvalue weighted by molar-refractivity contribution is 0.301. The average Bonchev–Trinajstić information content (AvgIpc) is 3.16. The Labute approximate surface area is 123 Å². The monoisotopic (exact) mass is 291 g/mol. The number of ether oxygens (including phenoxy) is 1. The number of benzene rings is 1. The fourth-order valence-electron chi connectivity index (χ4n) is 2.05. The lowest BCUT2D eigenvalue weighted by Gasteiger charge is -2.09. The highest BCUT2D eigenvalue weighted by Crippen LogP contribution is 2.27. The molecule has 106 valence electrons. The van der Waals surface area contributed by atoms with Crippen molar-refractivity contribution in [3.05, 3.63) is 52.4 Å². The summed E-state index contributed by atoms with van der Waals surface area (Å²) in [6, 6.07) is 8.40. The third-order valence-electron chi connectivity index (χ3n) is 3.44. The molecule has 0 aliphatic heterocycles. The Morgan fingerprint density at radius 2 is 2.20 bits per heavy atom. The van der Waals surface area contributed by atoms with Gasteiger partial charge in [-0.2, -0.15) is 0 Å². The summed E-state index contributed by atoms with van der Waals surface area (Å²) in [5.74, 6) is 1.66. The molecule has 3 rings (SSSR count). The van der Waals surface area contributed by atoms with Crippen LogP contribution in [0.15, 0.2) is 34.9 Å².